The van der Waals surface area contributed by atoms with Crippen LogP contribution in [0.1, 0.15) is 44.3 Å². The van der Waals surface area contributed by atoms with E-state index in [1.807, 2.05) is 22.6 Å². The van der Waals surface area contributed by atoms with E-state index in [-0.39, 0.29) is 5.69 Å². The van der Waals surface area contributed by atoms with Gasteiger partial charge in [-0.25, -0.2) is 0 Å². The SMILES string of the molecule is CCCCCC(O)c1ccc(I)cc1[N+](=O)[O-]. The summed E-state index contributed by atoms with van der Waals surface area (Å²) in [5.41, 5.74) is 0.437. The Morgan fingerprint density at radius 2 is 2.18 bits per heavy atom. The lowest BCUT2D eigenvalue weighted by Crippen LogP contribution is -2.03. The molecule has 0 saturated heterocycles. The smallest absolute Gasteiger partial charge is 0.276 e. The van der Waals surface area contributed by atoms with E-state index in [1.54, 1.807) is 12.1 Å². The summed E-state index contributed by atoms with van der Waals surface area (Å²) in [5, 5.41) is 20.9. The Morgan fingerprint density at radius 1 is 1.47 bits per heavy atom. The third-order valence-corrected chi connectivity index (χ3v) is 3.30. The van der Waals surface area contributed by atoms with Crippen molar-refractivity contribution in [2.75, 3.05) is 0 Å². The summed E-state index contributed by atoms with van der Waals surface area (Å²) in [4.78, 5) is 10.5. The van der Waals surface area contributed by atoms with Crippen molar-refractivity contribution in [3.63, 3.8) is 0 Å². The second kappa shape index (κ2) is 6.90. The second-order valence-corrected chi connectivity index (χ2v) is 5.22. The molecule has 0 amide bonds. The first-order valence-electron chi connectivity index (χ1n) is 5.68. The maximum atomic E-state index is 10.9. The van der Waals surface area contributed by atoms with Crippen molar-refractivity contribution in [2.45, 2.75) is 38.7 Å². The summed E-state index contributed by atoms with van der Waals surface area (Å²) in [6.07, 6.45) is 2.84. The van der Waals surface area contributed by atoms with Gasteiger partial charge in [-0.2, -0.15) is 0 Å². The normalized spacial score (nSPS) is 12.4. The molecule has 0 aliphatic heterocycles. The molecule has 0 bridgehead atoms. The highest BCUT2D eigenvalue weighted by molar-refractivity contribution is 14.1. The highest BCUT2D eigenvalue weighted by atomic mass is 127. The van der Waals surface area contributed by atoms with Crippen LogP contribution < -0.4 is 0 Å². The average molecular weight is 349 g/mol. The molecule has 1 unspecified atom stereocenters. The van der Waals surface area contributed by atoms with Crippen LogP contribution >= 0.6 is 22.6 Å². The topological polar surface area (TPSA) is 63.4 Å². The van der Waals surface area contributed by atoms with Gasteiger partial charge in [0.15, 0.2) is 0 Å². The molecule has 0 aromatic heterocycles. The summed E-state index contributed by atoms with van der Waals surface area (Å²) in [5.74, 6) is 0. The third kappa shape index (κ3) is 4.23. The molecular formula is C12H16INO3. The molecule has 1 aromatic carbocycles. The van der Waals surface area contributed by atoms with E-state index in [1.165, 1.54) is 6.07 Å². The number of rotatable bonds is 6. The van der Waals surface area contributed by atoms with Gasteiger partial charge in [-0.1, -0.05) is 26.2 Å². The largest absolute Gasteiger partial charge is 0.388 e. The molecule has 0 fully saturated rings. The summed E-state index contributed by atoms with van der Waals surface area (Å²) in [6.45, 7) is 2.08. The Balaban J connectivity index is 2.84. The van der Waals surface area contributed by atoms with Crippen molar-refractivity contribution in [3.8, 4) is 0 Å². The van der Waals surface area contributed by atoms with Gasteiger partial charge in [0.2, 0.25) is 0 Å². The molecular weight excluding hydrogens is 333 g/mol. The van der Waals surface area contributed by atoms with Crippen LogP contribution in [0.15, 0.2) is 18.2 Å². The number of aliphatic hydroxyl groups is 1. The van der Waals surface area contributed by atoms with Gasteiger partial charge >= 0.3 is 0 Å². The van der Waals surface area contributed by atoms with Gasteiger partial charge in [0.25, 0.3) is 5.69 Å². The molecule has 0 radical (unpaired) electrons. The fourth-order valence-corrected chi connectivity index (χ4v) is 2.17. The van der Waals surface area contributed by atoms with Crippen molar-refractivity contribution < 1.29 is 10.0 Å². The molecule has 4 nitrogen and oxygen atoms in total. The molecule has 1 N–H and O–H groups in total. The van der Waals surface area contributed by atoms with E-state index >= 15 is 0 Å². The number of benzene rings is 1. The van der Waals surface area contributed by atoms with Gasteiger partial charge in [0, 0.05) is 9.64 Å². The summed E-state index contributed by atoms with van der Waals surface area (Å²) in [6, 6.07) is 4.93. The van der Waals surface area contributed by atoms with E-state index in [0.29, 0.717) is 12.0 Å². The van der Waals surface area contributed by atoms with E-state index in [9.17, 15) is 15.2 Å². The van der Waals surface area contributed by atoms with Gasteiger partial charge in [-0.15, -0.1) is 0 Å². The van der Waals surface area contributed by atoms with Gasteiger partial charge < -0.3 is 5.11 Å². The highest BCUT2D eigenvalue weighted by Gasteiger charge is 2.20. The molecule has 17 heavy (non-hydrogen) atoms. The maximum Gasteiger partial charge on any atom is 0.276 e. The first kappa shape index (κ1) is 14.4. The van der Waals surface area contributed by atoms with Crippen molar-refractivity contribution in [1.82, 2.24) is 0 Å². The monoisotopic (exact) mass is 349 g/mol. The predicted octanol–water partition coefficient (Wildman–Crippen LogP) is 3.81. The minimum Gasteiger partial charge on any atom is -0.388 e. The van der Waals surface area contributed by atoms with Gasteiger partial charge in [-0.3, -0.25) is 10.1 Å². The van der Waals surface area contributed by atoms with Crippen molar-refractivity contribution in [2.24, 2.45) is 0 Å². The number of aliphatic hydroxyl groups excluding tert-OH is 1. The minimum atomic E-state index is -0.737. The Labute approximate surface area is 114 Å². The molecule has 5 heteroatoms. The number of halogens is 1. The maximum absolute atomic E-state index is 10.9. The average Bonchev–Trinajstić information content (AvgIpc) is 2.29. The Hall–Kier alpha value is -0.690. The zero-order valence-electron chi connectivity index (χ0n) is 9.73. The standard InChI is InChI=1S/C12H16INO3/c1-2-3-4-5-12(15)10-7-6-9(13)8-11(10)14(16)17/h6-8,12,15H,2-5H2,1H3. The molecule has 0 heterocycles. The summed E-state index contributed by atoms with van der Waals surface area (Å²) in [7, 11) is 0. The first-order valence-corrected chi connectivity index (χ1v) is 6.76. The third-order valence-electron chi connectivity index (χ3n) is 2.63. The molecule has 1 atom stereocenters. The number of nitro benzene ring substituents is 1. The first-order chi connectivity index (χ1) is 8.06. The van der Waals surface area contributed by atoms with Gasteiger partial charge in [0.1, 0.15) is 0 Å². The number of nitrogens with zero attached hydrogens (tertiary/aromatic N) is 1. The van der Waals surface area contributed by atoms with Crippen molar-refractivity contribution in [3.05, 3.63) is 37.4 Å². The fourth-order valence-electron chi connectivity index (χ4n) is 1.70. The van der Waals surface area contributed by atoms with Gasteiger partial charge in [-0.05, 0) is 41.1 Å². The zero-order chi connectivity index (χ0) is 12.8. The molecule has 1 aromatic rings. The van der Waals surface area contributed by atoms with Crippen LogP contribution in [0, 0.1) is 13.7 Å². The lowest BCUT2D eigenvalue weighted by atomic mass is 10.0. The van der Waals surface area contributed by atoms with Crippen LogP contribution in [-0.2, 0) is 0 Å². The van der Waals surface area contributed by atoms with Crippen LogP contribution in [-0.4, -0.2) is 10.0 Å². The second-order valence-electron chi connectivity index (χ2n) is 3.97. The Kier molecular flexibility index (Phi) is 5.84. The van der Waals surface area contributed by atoms with Crippen LogP contribution in [0.25, 0.3) is 0 Å². The van der Waals surface area contributed by atoms with Crippen molar-refractivity contribution in [1.29, 1.82) is 0 Å². The number of hydrogen-bond acceptors (Lipinski definition) is 3. The van der Waals surface area contributed by atoms with E-state index in [4.69, 9.17) is 0 Å². The van der Waals surface area contributed by atoms with E-state index in [2.05, 4.69) is 6.92 Å². The highest BCUT2D eigenvalue weighted by Crippen LogP contribution is 2.29. The van der Waals surface area contributed by atoms with Gasteiger partial charge in [0.05, 0.1) is 16.6 Å². The minimum absolute atomic E-state index is 0.0147. The Bertz CT molecular complexity index is 395. The zero-order valence-corrected chi connectivity index (χ0v) is 11.9. The summed E-state index contributed by atoms with van der Waals surface area (Å²) < 4.78 is 0.804. The van der Waals surface area contributed by atoms with Crippen molar-refractivity contribution >= 4 is 28.3 Å². The lowest BCUT2D eigenvalue weighted by molar-refractivity contribution is -0.386. The van der Waals surface area contributed by atoms with E-state index in [0.717, 1.165) is 22.8 Å². The number of hydrogen-bond donors (Lipinski definition) is 1. The summed E-state index contributed by atoms with van der Waals surface area (Å²) >= 11 is 2.03. The molecule has 0 saturated carbocycles. The lowest BCUT2D eigenvalue weighted by Gasteiger charge is -2.11. The van der Waals surface area contributed by atoms with Crippen LogP contribution in [0.3, 0.4) is 0 Å². The molecule has 0 aliphatic carbocycles. The van der Waals surface area contributed by atoms with E-state index < -0.39 is 11.0 Å². The van der Waals surface area contributed by atoms with Crippen LogP contribution in [0.4, 0.5) is 5.69 Å². The fraction of sp³-hybridized carbons (Fsp3) is 0.500. The molecule has 0 aliphatic rings. The predicted molar refractivity (Wildman–Crippen MR) is 74.9 cm³/mol. The molecule has 94 valence electrons. The molecule has 1 rings (SSSR count). The number of unbranched alkanes of at least 4 members (excludes halogenated alkanes) is 2. The molecule has 0 spiro atoms. The number of nitro groups is 1. The quantitative estimate of drug-likeness (QED) is 0.368. The Morgan fingerprint density at radius 3 is 2.76 bits per heavy atom. The van der Waals surface area contributed by atoms with Crippen LogP contribution in [0.2, 0.25) is 0 Å². The van der Waals surface area contributed by atoms with Crippen LogP contribution in [0.5, 0.6) is 0 Å².